The lowest BCUT2D eigenvalue weighted by Gasteiger charge is -2.14. The number of aryl methyl sites for hydroxylation is 1. The van der Waals surface area contributed by atoms with E-state index < -0.39 is 0 Å². The van der Waals surface area contributed by atoms with Gasteiger partial charge in [-0.3, -0.25) is 9.56 Å². The van der Waals surface area contributed by atoms with Gasteiger partial charge >= 0.3 is 0 Å². The van der Waals surface area contributed by atoms with Gasteiger partial charge in [-0.25, -0.2) is 4.98 Å². The highest BCUT2D eigenvalue weighted by molar-refractivity contribution is 6.36. The summed E-state index contributed by atoms with van der Waals surface area (Å²) in [4.78, 5) is 9.28. The van der Waals surface area contributed by atoms with Gasteiger partial charge in [0.2, 0.25) is 0 Å². The fourth-order valence-electron chi connectivity index (χ4n) is 3.26. The van der Waals surface area contributed by atoms with Crippen molar-refractivity contribution in [2.75, 3.05) is 0 Å². The van der Waals surface area contributed by atoms with Crippen LogP contribution >= 0.6 is 23.2 Å². The van der Waals surface area contributed by atoms with Gasteiger partial charge in [-0.15, -0.1) is 0 Å². The largest absolute Gasteiger partial charge is 0.390 e. The molecular formula is C19H15Cl2N3O. The molecule has 0 fully saturated rings. The van der Waals surface area contributed by atoms with E-state index in [0.29, 0.717) is 22.3 Å². The van der Waals surface area contributed by atoms with Crippen LogP contribution in [0.1, 0.15) is 28.3 Å². The number of fused-ring (bicyclic) bond motifs is 3. The summed E-state index contributed by atoms with van der Waals surface area (Å²) in [6.07, 6.45) is 0. The molecule has 0 saturated heterocycles. The van der Waals surface area contributed by atoms with Gasteiger partial charge in [0.1, 0.15) is 5.82 Å². The van der Waals surface area contributed by atoms with E-state index in [-0.39, 0.29) is 6.61 Å². The van der Waals surface area contributed by atoms with Crippen molar-refractivity contribution in [3.8, 4) is 5.69 Å². The predicted octanol–water partition coefficient (Wildman–Crippen LogP) is 4.33. The van der Waals surface area contributed by atoms with E-state index in [0.717, 1.165) is 34.0 Å². The van der Waals surface area contributed by atoms with Crippen molar-refractivity contribution >= 4 is 28.9 Å². The van der Waals surface area contributed by atoms with Crippen LogP contribution in [0.25, 0.3) is 5.69 Å². The fraction of sp³-hybridized carbons (Fsp3) is 0.158. The van der Waals surface area contributed by atoms with Crippen molar-refractivity contribution < 1.29 is 5.11 Å². The Morgan fingerprint density at radius 2 is 1.92 bits per heavy atom. The molecule has 0 atom stereocenters. The maximum absolute atomic E-state index is 9.65. The Bertz CT molecular complexity index is 1010. The highest BCUT2D eigenvalue weighted by atomic mass is 35.5. The highest BCUT2D eigenvalue weighted by Crippen LogP contribution is 2.31. The van der Waals surface area contributed by atoms with Crippen LogP contribution in [-0.2, 0) is 13.2 Å². The zero-order valence-corrected chi connectivity index (χ0v) is 15.0. The zero-order valence-electron chi connectivity index (χ0n) is 13.5. The number of aromatic nitrogens is 2. The third kappa shape index (κ3) is 2.67. The van der Waals surface area contributed by atoms with Gasteiger partial charge in [0.05, 0.1) is 35.9 Å². The van der Waals surface area contributed by atoms with E-state index >= 15 is 0 Å². The predicted molar refractivity (Wildman–Crippen MR) is 100 cm³/mol. The van der Waals surface area contributed by atoms with E-state index in [1.54, 1.807) is 0 Å². The van der Waals surface area contributed by atoms with Crippen LogP contribution in [0.15, 0.2) is 47.5 Å². The van der Waals surface area contributed by atoms with Gasteiger partial charge < -0.3 is 5.11 Å². The molecular weight excluding hydrogens is 357 g/mol. The molecule has 4 rings (SSSR count). The smallest absolute Gasteiger partial charge is 0.110 e. The summed E-state index contributed by atoms with van der Waals surface area (Å²) in [5.74, 6) is 0.804. The first-order valence-corrected chi connectivity index (χ1v) is 8.63. The average Bonchev–Trinajstić information content (AvgIpc) is 2.82. The van der Waals surface area contributed by atoms with Crippen molar-refractivity contribution in [3.63, 3.8) is 0 Å². The number of hydrogen-bond acceptors (Lipinski definition) is 3. The number of aliphatic hydroxyl groups is 1. The molecule has 1 aliphatic rings. The first-order chi connectivity index (χ1) is 12.1. The van der Waals surface area contributed by atoms with Crippen LogP contribution < -0.4 is 0 Å². The second kappa shape index (κ2) is 6.30. The third-order valence-corrected chi connectivity index (χ3v) is 4.91. The Hall–Kier alpha value is -2.14. The number of benzene rings is 2. The van der Waals surface area contributed by atoms with E-state index in [4.69, 9.17) is 28.2 Å². The lowest BCUT2D eigenvalue weighted by molar-refractivity contribution is 0.276. The summed E-state index contributed by atoms with van der Waals surface area (Å²) in [7, 11) is 0. The quantitative estimate of drug-likeness (QED) is 0.728. The number of imidazole rings is 1. The van der Waals surface area contributed by atoms with Crippen LogP contribution in [-0.4, -0.2) is 20.4 Å². The Kier molecular flexibility index (Phi) is 4.12. The number of halogens is 2. The van der Waals surface area contributed by atoms with Crippen LogP contribution in [0.5, 0.6) is 0 Å². The normalized spacial score (nSPS) is 13.0. The lowest BCUT2D eigenvalue weighted by Crippen LogP contribution is -2.08. The van der Waals surface area contributed by atoms with Crippen LogP contribution in [0.4, 0.5) is 0 Å². The van der Waals surface area contributed by atoms with Crippen molar-refractivity contribution in [2.24, 2.45) is 4.99 Å². The molecule has 2 aromatic carbocycles. The van der Waals surface area contributed by atoms with Crippen LogP contribution in [0.3, 0.4) is 0 Å². The fourth-order valence-corrected chi connectivity index (χ4v) is 3.66. The summed E-state index contributed by atoms with van der Waals surface area (Å²) in [6.45, 7) is 2.20. The maximum atomic E-state index is 9.65. The Balaban J connectivity index is 2.03. The number of aliphatic imine (C=N–C) groups is 1. The molecule has 0 bridgehead atoms. The standard InChI is InChI=1S/C19H15Cl2N3O/c1-11-23-16(10-25)18-9-22-19(13-4-2-3-5-15(13)21)14-8-12(20)6-7-17(14)24(11)18/h2-8,25H,9-10H2,1H3. The Morgan fingerprint density at radius 1 is 1.12 bits per heavy atom. The van der Waals surface area contributed by atoms with Crippen LogP contribution in [0, 0.1) is 6.92 Å². The third-order valence-electron chi connectivity index (χ3n) is 4.34. The van der Waals surface area contributed by atoms with Gasteiger partial charge in [0.25, 0.3) is 0 Å². The molecule has 3 aromatic rings. The topological polar surface area (TPSA) is 50.4 Å². The van der Waals surface area contributed by atoms with Crippen molar-refractivity contribution in [3.05, 3.63) is 80.8 Å². The first kappa shape index (κ1) is 16.3. The van der Waals surface area contributed by atoms with Gasteiger partial charge in [-0.05, 0) is 31.2 Å². The summed E-state index contributed by atoms with van der Waals surface area (Å²) in [5.41, 5.74) is 4.99. The summed E-state index contributed by atoms with van der Waals surface area (Å²) >= 11 is 12.7. The molecule has 6 heteroatoms. The van der Waals surface area contributed by atoms with E-state index in [2.05, 4.69) is 4.98 Å². The zero-order chi connectivity index (χ0) is 17.6. The molecule has 0 aliphatic carbocycles. The van der Waals surface area contributed by atoms with Crippen molar-refractivity contribution in [1.82, 2.24) is 9.55 Å². The first-order valence-electron chi connectivity index (χ1n) is 7.87. The molecule has 1 N–H and O–H groups in total. The SMILES string of the molecule is Cc1nc(CO)c2n1-c1ccc(Cl)cc1C(c1ccccc1Cl)=NC2. The minimum absolute atomic E-state index is 0.122. The number of nitrogens with zero attached hydrogens (tertiary/aromatic N) is 3. The molecule has 25 heavy (non-hydrogen) atoms. The second-order valence-electron chi connectivity index (χ2n) is 5.85. The number of aliphatic hydroxyl groups excluding tert-OH is 1. The summed E-state index contributed by atoms with van der Waals surface area (Å²) in [5, 5.41) is 10.9. The molecule has 0 amide bonds. The molecule has 0 spiro atoms. The minimum Gasteiger partial charge on any atom is -0.390 e. The van der Waals surface area contributed by atoms with Gasteiger partial charge in [-0.1, -0.05) is 41.4 Å². The second-order valence-corrected chi connectivity index (χ2v) is 6.70. The Morgan fingerprint density at radius 3 is 2.68 bits per heavy atom. The molecule has 0 saturated carbocycles. The Labute approximate surface area is 155 Å². The molecule has 2 heterocycles. The van der Waals surface area contributed by atoms with Gasteiger partial charge in [-0.2, -0.15) is 0 Å². The lowest BCUT2D eigenvalue weighted by atomic mass is 10.0. The molecule has 1 aliphatic heterocycles. The van der Waals surface area contributed by atoms with Crippen molar-refractivity contribution in [2.45, 2.75) is 20.1 Å². The van der Waals surface area contributed by atoms with Gasteiger partial charge in [0.15, 0.2) is 0 Å². The monoisotopic (exact) mass is 371 g/mol. The van der Waals surface area contributed by atoms with Crippen molar-refractivity contribution in [1.29, 1.82) is 0 Å². The molecule has 0 radical (unpaired) electrons. The minimum atomic E-state index is -0.122. The van der Waals surface area contributed by atoms with E-state index in [1.807, 2.05) is 54.0 Å². The molecule has 4 nitrogen and oxygen atoms in total. The maximum Gasteiger partial charge on any atom is 0.110 e. The van der Waals surface area contributed by atoms with Gasteiger partial charge in [0, 0.05) is 21.2 Å². The summed E-state index contributed by atoms with van der Waals surface area (Å²) < 4.78 is 2.03. The highest BCUT2D eigenvalue weighted by Gasteiger charge is 2.24. The average molecular weight is 372 g/mol. The van der Waals surface area contributed by atoms with E-state index in [1.165, 1.54) is 0 Å². The summed E-state index contributed by atoms with van der Waals surface area (Å²) in [6, 6.07) is 13.3. The molecule has 1 aromatic heterocycles. The molecule has 0 unspecified atom stereocenters. The number of hydrogen-bond donors (Lipinski definition) is 1. The molecule has 126 valence electrons. The van der Waals surface area contributed by atoms with Crippen LogP contribution in [0.2, 0.25) is 10.0 Å². The number of rotatable bonds is 2. The van der Waals surface area contributed by atoms with E-state index in [9.17, 15) is 5.11 Å².